The third-order valence-corrected chi connectivity index (χ3v) is 6.18. The Morgan fingerprint density at radius 2 is 1.78 bits per heavy atom. The quantitative estimate of drug-likeness (QED) is 0.813. The maximum Gasteiger partial charge on any atom is 0.323 e. The zero-order valence-corrected chi connectivity index (χ0v) is 13.1. The van der Waals surface area contributed by atoms with Gasteiger partial charge >= 0.3 is 5.69 Å². The Balaban J connectivity index is 1.63. The Hall–Kier alpha value is -2.13. The van der Waals surface area contributed by atoms with Crippen LogP contribution in [0.25, 0.3) is 11.0 Å². The first kappa shape index (κ1) is 14.5. The minimum absolute atomic E-state index is 0.0768. The van der Waals surface area contributed by atoms with E-state index in [0.717, 1.165) is 12.8 Å². The lowest BCUT2D eigenvalue weighted by Gasteiger charge is -2.33. The van der Waals surface area contributed by atoms with Crippen LogP contribution < -0.4 is 5.69 Å². The van der Waals surface area contributed by atoms with E-state index in [1.165, 1.54) is 16.4 Å². The number of rotatable bonds is 3. The van der Waals surface area contributed by atoms with E-state index < -0.39 is 10.0 Å². The van der Waals surface area contributed by atoms with Crippen molar-refractivity contribution in [1.82, 2.24) is 19.2 Å². The van der Waals surface area contributed by atoms with Crippen molar-refractivity contribution in [2.75, 3.05) is 19.6 Å². The Morgan fingerprint density at radius 3 is 2.48 bits per heavy atom. The highest BCUT2D eigenvalue weighted by Gasteiger charge is 2.39. The third kappa shape index (κ3) is 2.45. The number of imidazole rings is 1. The van der Waals surface area contributed by atoms with Gasteiger partial charge in [0, 0.05) is 19.1 Å². The van der Waals surface area contributed by atoms with E-state index in [2.05, 4.69) is 9.97 Å². The second kappa shape index (κ2) is 4.93. The van der Waals surface area contributed by atoms with Crippen molar-refractivity contribution in [2.24, 2.45) is 0 Å². The molecule has 8 nitrogen and oxygen atoms in total. The molecule has 1 amide bonds. The lowest BCUT2D eigenvalue weighted by atomic mass is 10.3. The van der Waals surface area contributed by atoms with Gasteiger partial charge in [-0.25, -0.2) is 13.2 Å². The summed E-state index contributed by atoms with van der Waals surface area (Å²) in [6.45, 7) is 0.610. The number of sulfonamides is 1. The second-order valence-corrected chi connectivity index (χ2v) is 7.88. The molecule has 2 heterocycles. The molecule has 1 saturated carbocycles. The molecule has 23 heavy (non-hydrogen) atoms. The molecule has 2 aromatic rings. The van der Waals surface area contributed by atoms with Gasteiger partial charge in [-0.2, -0.15) is 4.31 Å². The van der Waals surface area contributed by atoms with E-state index in [0.29, 0.717) is 30.2 Å². The number of piperazine rings is 1. The van der Waals surface area contributed by atoms with Crippen molar-refractivity contribution >= 4 is 27.0 Å². The van der Waals surface area contributed by atoms with Gasteiger partial charge in [-0.3, -0.25) is 4.79 Å². The number of nitrogens with one attached hydrogen (secondary N) is 2. The summed E-state index contributed by atoms with van der Waals surface area (Å²) in [5.41, 5.74) is 0.588. The number of benzene rings is 1. The van der Waals surface area contributed by atoms with Crippen LogP contribution in [-0.2, 0) is 14.8 Å². The smallest absolute Gasteiger partial charge is 0.323 e. The summed E-state index contributed by atoms with van der Waals surface area (Å²) in [5, 5.41) is 0. The van der Waals surface area contributed by atoms with E-state index in [1.54, 1.807) is 11.0 Å². The van der Waals surface area contributed by atoms with E-state index in [9.17, 15) is 18.0 Å². The number of fused-ring (bicyclic) bond motifs is 1. The van der Waals surface area contributed by atoms with Crippen LogP contribution in [0, 0.1) is 0 Å². The predicted molar refractivity (Wildman–Crippen MR) is 82.4 cm³/mol. The van der Waals surface area contributed by atoms with Crippen molar-refractivity contribution in [2.45, 2.75) is 23.8 Å². The first-order valence-corrected chi connectivity index (χ1v) is 8.91. The minimum Gasteiger partial charge on any atom is -0.337 e. The van der Waals surface area contributed by atoms with E-state index >= 15 is 0 Å². The standard InChI is InChI=1S/C14H16N4O4S/c19-13-8-17(5-6-18(13)9-1-2-9)23(21,22)10-3-4-11-12(7-10)16-14(20)15-11/h3-4,7,9H,1-2,5-6,8H2,(H2,15,16,20). The van der Waals surface area contributed by atoms with Gasteiger partial charge in [0.15, 0.2) is 0 Å². The van der Waals surface area contributed by atoms with Crippen LogP contribution in [0.1, 0.15) is 12.8 Å². The summed E-state index contributed by atoms with van der Waals surface area (Å²) in [6, 6.07) is 4.70. The lowest BCUT2D eigenvalue weighted by molar-refractivity contribution is -0.134. The third-order valence-electron chi connectivity index (χ3n) is 4.34. The number of hydrogen-bond acceptors (Lipinski definition) is 4. The predicted octanol–water partition coefficient (Wildman–Crippen LogP) is -0.148. The minimum atomic E-state index is -3.76. The first-order valence-electron chi connectivity index (χ1n) is 7.47. The van der Waals surface area contributed by atoms with E-state index in [4.69, 9.17) is 0 Å². The van der Waals surface area contributed by atoms with Crippen molar-refractivity contribution in [1.29, 1.82) is 0 Å². The number of aromatic nitrogens is 2. The zero-order chi connectivity index (χ0) is 16.2. The van der Waals surface area contributed by atoms with Gasteiger partial charge in [-0.15, -0.1) is 0 Å². The molecule has 122 valence electrons. The lowest BCUT2D eigenvalue weighted by Crippen LogP contribution is -2.52. The highest BCUT2D eigenvalue weighted by atomic mass is 32.2. The highest BCUT2D eigenvalue weighted by molar-refractivity contribution is 7.89. The molecule has 1 aliphatic heterocycles. The van der Waals surface area contributed by atoms with Crippen LogP contribution in [0.4, 0.5) is 0 Å². The first-order chi connectivity index (χ1) is 10.9. The average Bonchev–Trinajstić information content (AvgIpc) is 3.27. The van der Waals surface area contributed by atoms with Crippen LogP contribution in [0.15, 0.2) is 27.9 Å². The van der Waals surface area contributed by atoms with Gasteiger partial charge in [0.25, 0.3) is 0 Å². The fraction of sp³-hybridized carbons (Fsp3) is 0.429. The summed E-state index contributed by atoms with van der Waals surface area (Å²) >= 11 is 0. The van der Waals surface area contributed by atoms with E-state index in [1.807, 2.05) is 0 Å². The molecule has 0 atom stereocenters. The fourth-order valence-corrected chi connectivity index (χ4v) is 4.37. The molecule has 0 bridgehead atoms. The SMILES string of the molecule is O=C1CN(S(=O)(=O)c2ccc3[nH]c(=O)[nH]c3c2)CCN1C1CC1. The topological polar surface area (TPSA) is 106 Å². The molecule has 2 aliphatic rings. The number of aromatic amines is 2. The number of nitrogens with zero attached hydrogens (tertiary/aromatic N) is 2. The van der Waals surface area contributed by atoms with Gasteiger partial charge in [-0.1, -0.05) is 0 Å². The van der Waals surface area contributed by atoms with Crippen LogP contribution in [0.2, 0.25) is 0 Å². The molecular formula is C14H16N4O4S. The maximum absolute atomic E-state index is 12.7. The summed E-state index contributed by atoms with van der Waals surface area (Å²) in [5.74, 6) is -0.140. The molecular weight excluding hydrogens is 320 g/mol. The summed E-state index contributed by atoms with van der Waals surface area (Å²) < 4.78 is 26.7. The molecule has 1 saturated heterocycles. The Morgan fingerprint density at radius 1 is 1.04 bits per heavy atom. The fourth-order valence-electron chi connectivity index (χ4n) is 2.96. The van der Waals surface area contributed by atoms with Crippen molar-refractivity contribution in [3.8, 4) is 0 Å². The largest absolute Gasteiger partial charge is 0.337 e. The maximum atomic E-state index is 12.7. The number of carbonyl (C=O) groups is 1. The van der Waals surface area contributed by atoms with Gasteiger partial charge in [-0.05, 0) is 31.0 Å². The van der Waals surface area contributed by atoms with Crippen LogP contribution >= 0.6 is 0 Å². The number of H-pyrrole nitrogens is 2. The van der Waals surface area contributed by atoms with Crippen LogP contribution in [0.5, 0.6) is 0 Å². The highest BCUT2D eigenvalue weighted by Crippen LogP contribution is 2.29. The molecule has 1 aromatic carbocycles. The van der Waals surface area contributed by atoms with Crippen LogP contribution in [0.3, 0.4) is 0 Å². The van der Waals surface area contributed by atoms with Gasteiger partial charge in [0.05, 0.1) is 22.5 Å². The Bertz CT molecular complexity index is 941. The van der Waals surface area contributed by atoms with Gasteiger partial charge < -0.3 is 14.9 Å². The molecule has 2 N–H and O–H groups in total. The summed E-state index contributed by atoms with van der Waals surface area (Å²) in [6.07, 6.45) is 2.02. The molecule has 4 rings (SSSR count). The summed E-state index contributed by atoms with van der Waals surface area (Å²) in [4.78, 5) is 30.4. The Labute approximate surface area is 132 Å². The number of carbonyl (C=O) groups excluding carboxylic acids is 1. The van der Waals surface area contributed by atoms with Crippen molar-refractivity contribution in [3.05, 3.63) is 28.7 Å². The zero-order valence-electron chi connectivity index (χ0n) is 12.3. The molecule has 2 fully saturated rings. The Kier molecular flexibility index (Phi) is 3.10. The molecule has 0 radical (unpaired) electrons. The molecule has 0 unspecified atom stereocenters. The van der Waals surface area contributed by atoms with Crippen LogP contribution in [-0.4, -0.2) is 59.2 Å². The van der Waals surface area contributed by atoms with Gasteiger partial charge in [0.2, 0.25) is 15.9 Å². The number of amides is 1. The molecule has 0 spiro atoms. The molecule has 9 heteroatoms. The number of hydrogen-bond donors (Lipinski definition) is 2. The monoisotopic (exact) mass is 336 g/mol. The van der Waals surface area contributed by atoms with Gasteiger partial charge in [0.1, 0.15) is 0 Å². The van der Waals surface area contributed by atoms with Crippen molar-refractivity contribution < 1.29 is 13.2 Å². The van der Waals surface area contributed by atoms with Crippen molar-refractivity contribution in [3.63, 3.8) is 0 Å². The summed E-state index contributed by atoms with van der Waals surface area (Å²) in [7, 11) is -3.76. The second-order valence-electron chi connectivity index (χ2n) is 5.94. The average molecular weight is 336 g/mol. The molecule has 1 aromatic heterocycles. The molecule has 1 aliphatic carbocycles. The van der Waals surface area contributed by atoms with E-state index in [-0.39, 0.29) is 23.0 Å². The normalized spacial score (nSPS) is 20.3.